The van der Waals surface area contributed by atoms with Crippen LogP contribution in [0.1, 0.15) is 0 Å². The molecule has 1 heterocycles. The third-order valence-electron chi connectivity index (χ3n) is 1.76. The Bertz CT molecular complexity index is 195. The first-order valence-electron chi connectivity index (χ1n) is 3.71. The molecule has 0 aliphatic carbocycles. The summed E-state index contributed by atoms with van der Waals surface area (Å²) in [4.78, 5) is 23.3. The molecule has 0 aromatic carbocycles. The summed E-state index contributed by atoms with van der Waals surface area (Å²) < 4.78 is 13.9. The fraction of sp³-hybridized carbons (Fsp3) is 0.714. The van der Waals surface area contributed by atoms with Crippen LogP contribution in [0, 0.1) is 0 Å². The van der Waals surface area contributed by atoms with Gasteiger partial charge in [-0.3, -0.25) is 4.90 Å². The van der Waals surface area contributed by atoms with E-state index in [9.17, 15) is 9.59 Å². The molecule has 0 spiro atoms. The summed E-state index contributed by atoms with van der Waals surface area (Å²) in [5.74, 6) is -0.497. The van der Waals surface area contributed by atoms with Crippen LogP contribution in [-0.2, 0) is 19.0 Å². The molecule has 6 nitrogen and oxygen atoms in total. The van der Waals surface area contributed by atoms with Gasteiger partial charge in [-0.2, -0.15) is 0 Å². The zero-order valence-electron chi connectivity index (χ0n) is 7.48. The largest absolute Gasteiger partial charge is 0.467 e. The van der Waals surface area contributed by atoms with Crippen molar-refractivity contribution < 1.29 is 23.8 Å². The van der Waals surface area contributed by atoms with Crippen molar-refractivity contribution in [3.8, 4) is 0 Å². The van der Waals surface area contributed by atoms with Crippen molar-refractivity contribution in [2.24, 2.45) is 0 Å². The van der Waals surface area contributed by atoms with Crippen LogP contribution in [0.4, 0.5) is 4.79 Å². The lowest BCUT2D eigenvalue weighted by atomic mass is 10.3. The summed E-state index contributed by atoms with van der Waals surface area (Å²) in [5, 5.41) is 0. The molecule has 0 bridgehead atoms. The Kier molecular flexibility index (Phi) is 3.07. The van der Waals surface area contributed by atoms with Gasteiger partial charge in [-0.1, -0.05) is 0 Å². The maximum atomic E-state index is 11.1. The van der Waals surface area contributed by atoms with E-state index in [2.05, 4.69) is 9.47 Å². The predicted octanol–water partition coefficient (Wildman–Crippen LogP) is -0.416. The van der Waals surface area contributed by atoms with Crippen molar-refractivity contribution in [1.29, 1.82) is 0 Å². The molecule has 1 saturated heterocycles. The number of esters is 1. The fourth-order valence-electron chi connectivity index (χ4n) is 1.07. The number of nitrogens with zero attached hydrogens (tertiary/aromatic N) is 1. The van der Waals surface area contributed by atoms with Crippen molar-refractivity contribution >= 4 is 12.1 Å². The van der Waals surface area contributed by atoms with Gasteiger partial charge in [-0.05, 0) is 0 Å². The number of ether oxygens (including phenoxy) is 3. The topological polar surface area (TPSA) is 65.1 Å². The molecule has 0 aromatic heterocycles. The lowest BCUT2D eigenvalue weighted by Crippen LogP contribution is -2.42. The van der Waals surface area contributed by atoms with Crippen molar-refractivity contribution in [3.63, 3.8) is 0 Å². The smallest absolute Gasteiger partial charge is 0.412 e. The van der Waals surface area contributed by atoms with Gasteiger partial charge in [0.05, 0.1) is 20.8 Å². The molecule has 0 N–H and O–H groups in total. The second-order valence-electron chi connectivity index (χ2n) is 2.48. The molecule has 1 aliphatic heterocycles. The van der Waals surface area contributed by atoms with E-state index in [0.29, 0.717) is 0 Å². The molecule has 0 saturated carbocycles. The molecule has 0 aromatic rings. The Morgan fingerprint density at radius 1 is 1.38 bits per heavy atom. The standard InChI is InChI=1S/C7H11NO5/c1-11-6(9)5-3-13-4-8(5)7(10)12-2/h5H,3-4H2,1-2H3. The first-order chi connectivity index (χ1) is 6.20. The van der Waals surface area contributed by atoms with Gasteiger partial charge >= 0.3 is 12.1 Å². The van der Waals surface area contributed by atoms with E-state index in [1.807, 2.05) is 0 Å². The quantitative estimate of drug-likeness (QED) is 0.524. The number of carbonyl (C=O) groups is 2. The summed E-state index contributed by atoms with van der Waals surface area (Å²) in [7, 11) is 2.51. The highest BCUT2D eigenvalue weighted by molar-refractivity contribution is 5.81. The highest BCUT2D eigenvalue weighted by Gasteiger charge is 2.36. The van der Waals surface area contributed by atoms with Gasteiger partial charge in [0.2, 0.25) is 0 Å². The van der Waals surface area contributed by atoms with Crippen LogP contribution in [-0.4, -0.2) is 50.6 Å². The molecule has 6 heteroatoms. The van der Waals surface area contributed by atoms with Crippen LogP contribution in [0.15, 0.2) is 0 Å². The van der Waals surface area contributed by atoms with Gasteiger partial charge in [0.25, 0.3) is 0 Å². The van der Waals surface area contributed by atoms with E-state index in [1.54, 1.807) is 0 Å². The van der Waals surface area contributed by atoms with E-state index >= 15 is 0 Å². The molecular weight excluding hydrogens is 178 g/mol. The SMILES string of the molecule is COC(=O)C1COCN1C(=O)OC. The van der Waals surface area contributed by atoms with Crippen molar-refractivity contribution in [3.05, 3.63) is 0 Å². The van der Waals surface area contributed by atoms with Crippen LogP contribution >= 0.6 is 0 Å². The third-order valence-corrected chi connectivity index (χ3v) is 1.76. The summed E-state index contributed by atoms with van der Waals surface area (Å²) >= 11 is 0. The monoisotopic (exact) mass is 189 g/mol. The molecule has 13 heavy (non-hydrogen) atoms. The van der Waals surface area contributed by atoms with Crippen molar-refractivity contribution in [2.45, 2.75) is 6.04 Å². The van der Waals surface area contributed by atoms with Crippen LogP contribution in [0.3, 0.4) is 0 Å². The zero-order valence-corrected chi connectivity index (χ0v) is 7.48. The van der Waals surface area contributed by atoms with E-state index in [0.717, 1.165) is 0 Å². The average Bonchev–Trinajstić information content (AvgIpc) is 2.63. The average molecular weight is 189 g/mol. The normalized spacial score (nSPS) is 21.4. The first-order valence-corrected chi connectivity index (χ1v) is 3.71. The second kappa shape index (κ2) is 4.08. The van der Waals surface area contributed by atoms with Gasteiger partial charge in [0.1, 0.15) is 6.73 Å². The van der Waals surface area contributed by atoms with E-state index in [1.165, 1.54) is 19.1 Å². The van der Waals surface area contributed by atoms with E-state index in [-0.39, 0.29) is 13.3 Å². The van der Waals surface area contributed by atoms with Crippen molar-refractivity contribution in [2.75, 3.05) is 27.6 Å². The lowest BCUT2D eigenvalue weighted by molar-refractivity contribution is -0.145. The Labute approximate surface area is 75.3 Å². The predicted molar refractivity (Wildman–Crippen MR) is 40.9 cm³/mol. The first kappa shape index (κ1) is 9.79. The Hall–Kier alpha value is -1.30. The number of amides is 1. The number of rotatable bonds is 1. The van der Waals surface area contributed by atoms with E-state index < -0.39 is 18.1 Å². The van der Waals surface area contributed by atoms with Crippen LogP contribution in [0.2, 0.25) is 0 Å². The molecule has 1 atom stereocenters. The fourth-order valence-corrected chi connectivity index (χ4v) is 1.07. The lowest BCUT2D eigenvalue weighted by Gasteiger charge is -2.18. The van der Waals surface area contributed by atoms with Gasteiger partial charge < -0.3 is 14.2 Å². The van der Waals surface area contributed by atoms with Crippen LogP contribution in [0.5, 0.6) is 0 Å². The maximum Gasteiger partial charge on any atom is 0.412 e. The molecule has 1 unspecified atom stereocenters. The molecule has 1 aliphatic rings. The van der Waals surface area contributed by atoms with Gasteiger partial charge in [-0.15, -0.1) is 0 Å². The highest BCUT2D eigenvalue weighted by atomic mass is 16.6. The summed E-state index contributed by atoms with van der Waals surface area (Å²) in [6, 6.07) is -0.683. The molecular formula is C7H11NO5. The maximum absolute atomic E-state index is 11.1. The zero-order chi connectivity index (χ0) is 9.84. The molecule has 1 fully saturated rings. The van der Waals surface area contributed by atoms with Crippen molar-refractivity contribution in [1.82, 2.24) is 4.90 Å². The number of hydrogen-bond acceptors (Lipinski definition) is 5. The number of hydrogen-bond donors (Lipinski definition) is 0. The Morgan fingerprint density at radius 3 is 2.62 bits per heavy atom. The van der Waals surface area contributed by atoms with Crippen LogP contribution < -0.4 is 0 Å². The second-order valence-corrected chi connectivity index (χ2v) is 2.48. The minimum atomic E-state index is -0.683. The van der Waals surface area contributed by atoms with E-state index in [4.69, 9.17) is 4.74 Å². The summed E-state index contributed by atoms with van der Waals surface area (Å²) in [5.41, 5.74) is 0. The molecule has 74 valence electrons. The van der Waals surface area contributed by atoms with Gasteiger partial charge in [0.15, 0.2) is 6.04 Å². The number of carbonyl (C=O) groups excluding carboxylic acids is 2. The Balaban J connectivity index is 2.63. The minimum absolute atomic E-state index is 0.0619. The molecule has 1 rings (SSSR count). The molecule has 1 amide bonds. The Morgan fingerprint density at radius 2 is 2.08 bits per heavy atom. The number of methoxy groups -OCH3 is 2. The summed E-state index contributed by atoms with van der Waals surface area (Å²) in [6.45, 7) is 0.216. The van der Waals surface area contributed by atoms with Gasteiger partial charge in [0, 0.05) is 0 Å². The highest BCUT2D eigenvalue weighted by Crippen LogP contribution is 2.11. The van der Waals surface area contributed by atoms with Gasteiger partial charge in [-0.25, -0.2) is 9.59 Å². The minimum Gasteiger partial charge on any atom is -0.467 e. The van der Waals surface area contributed by atoms with Crippen LogP contribution in [0.25, 0.3) is 0 Å². The molecule has 0 radical (unpaired) electrons. The third kappa shape index (κ3) is 1.89. The summed E-state index contributed by atoms with van der Waals surface area (Å²) in [6.07, 6.45) is -0.590.